The van der Waals surface area contributed by atoms with E-state index in [1.54, 1.807) is 52.4 Å². The highest BCUT2D eigenvalue weighted by Crippen LogP contribution is 2.26. The van der Waals surface area contributed by atoms with Gasteiger partial charge < -0.3 is 5.32 Å². The zero-order chi connectivity index (χ0) is 22.0. The highest BCUT2D eigenvalue weighted by molar-refractivity contribution is 7.89. The van der Waals surface area contributed by atoms with Gasteiger partial charge in [0.1, 0.15) is 0 Å². The molecule has 8 heteroatoms. The van der Waals surface area contributed by atoms with Crippen LogP contribution in [0.1, 0.15) is 40.7 Å². The monoisotopic (exact) mass is 438 g/mol. The Labute approximate surface area is 182 Å². The summed E-state index contributed by atoms with van der Waals surface area (Å²) in [5.74, 6) is -0.298. The van der Waals surface area contributed by atoms with Gasteiger partial charge in [-0.3, -0.25) is 4.79 Å². The minimum absolute atomic E-state index is 0.247. The van der Waals surface area contributed by atoms with Crippen LogP contribution in [0.4, 0.5) is 5.69 Å². The smallest absolute Gasteiger partial charge is 0.255 e. The fourth-order valence-corrected chi connectivity index (χ4v) is 5.49. The van der Waals surface area contributed by atoms with Gasteiger partial charge in [0.2, 0.25) is 10.0 Å². The summed E-state index contributed by atoms with van der Waals surface area (Å²) in [6.07, 6.45) is 6.49. The van der Waals surface area contributed by atoms with E-state index in [1.807, 2.05) is 25.3 Å². The molecule has 1 N–H and O–H groups in total. The predicted molar refractivity (Wildman–Crippen MR) is 120 cm³/mol. The van der Waals surface area contributed by atoms with Crippen molar-refractivity contribution in [1.82, 2.24) is 14.1 Å². The number of carbonyl (C=O) groups is 1. The highest BCUT2D eigenvalue weighted by Gasteiger charge is 2.27. The number of nitrogens with one attached hydrogen (secondary N) is 1. The number of nitrogens with zero attached hydrogens (tertiary/aromatic N) is 3. The average Bonchev–Trinajstić information content (AvgIpc) is 3.22. The lowest BCUT2D eigenvalue weighted by Gasteiger charge is -2.26. The standard InChI is InChI=1S/C23H26N4O3S/c1-17-15-24-27(16-17)21-10-7-19(8-11-21)23(28)25-20-9-6-18(2)22(14-20)31(29,30)26-12-4-3-5-13-26/h6-11,14-16H,3-5,12-13H2,1-2H3,(H,25,28). The zero-order valence-corrected chi connectivity index (χ0v) is 18.5. The van der Waals surface area contributed by atoms with Gasteiger partial charge in [0.05, 0.1) is 16.8 Å². The average molecular weight is 439 g/mol. The molecule has 0 atom stereocenters. The molecule has 2 aromatic carbocycles. The van der Waals surface area contributed by atoms with Crippen LogP contribution in [0.15, 0.2) is 59.8 Å². The number of hydrogen-bond donors (Lipinski definition) is 1. The molecule has 0 spiro atoms. The fraction of sp³-hybridized carbons (Fsp3) is 0.304. The van der Waals surface area contributed by atoms with Crippen LogP contribution in [0.3, 0.4) is 0 Å². The maximum absolute atomic E-state index is 13.1. The molecule has 1 amide bonds. The highest BCUT2D eigenvalue weighted by atomic mass is 32.2. The first kappa shape index (κ1) is 21.3. The SMILES string of the molecule is Cc1cnn(-c2ccc(C(=O)Nc3ccc(C)c(S(=O)(=O)N4CCCCC4)c3)cc2)c1. The van der Waals surface area contributed by atoms with Crippen molar-refractivity contribution in [2.75, 3.05) is 18.4 Å². The normalized spacial score (nSPS) is 15.0. The third-order valence-electron chi connectivity index (χ3n) is 5.48. The summed E-state index contributed by atoms with van der Waals surface area (Å²) in [7, 11) is -3.58. The molecule has 1 fully saturated rings. The third kappa shape index (κ3) is 4.55. The van der Waals surface area contributed by atoms with Crippen LogP contribution in [0.5, 0.6) is 0 Å². The van der Waals surface area contributed by atoms with Crippen LogP contribution in [0, 0.1) is 13.8 Å². The molecule has 1 saturated heterocycles. The molecule has 7 nitrogen and oxygen atoms in total. The van der Waals surface area contributed by atoms with Gasteiger partial charge in [0.15, 0.2) is 0 Å². The molecule has 3 aromatic rings. The molecule has 31 heavy (non-hydrogen) atoms. The molecule has 1 aliphatic rings. The van der Waals surface area contributed by atoms with Crippen molar-refractivity contribution in [1.29, 1.82) is 0 Å². The molecule has 2 heterocycles. The summed E-state index contributed by atoms with van der Waals surface area (Å²) in [6.45, 7) is 4.83. The number of aromatic nitrogens is 2. The summed E-state index contributed by atoms with van der Waals surface area (Å²) in [6, 6.07) is 12.1. The molecular weight excluding hydrogens is 412 g/mol. The van der Waals surface area contributed by atoms with Crippen LogP contribution in [-0.4, -0.2) is 41.5 Å². The number of hydrogen-bond acceptors (Lipinski definition) is 4. The maximum Gasteiger partial charge on any atom is 0.255 e. The van der Waals surface area contributed by atoms with Crippen molar-refractivity contribution < 1.29 is 13.2 Å². The number of carbonyl (C=O) groups excluding carboxylic acids is 1. The number of piperidine rings is 1. The van der Waals surface area contributed by atoms with Crippen molar-refractivity contribution >= 4 is 21.6 Å². The number of benzene rings is 2. The Bertz CT molecular complexity index is 1190. The van der Waals surface area contributed by atoms with Gasteiger partial charge >= 0.3 is 0 Å². The van der Waals surface area contributed by atoms with Crippen LogP contribution in [-0.2, 0) is 10.0 Å². The van der Waals surface area contributed by atoms with Crippen molar-refractivity contribution in [3.63, 3.8) is 0 Å². The lowest BCUT2D eigenvalue weighted by Crippen LogP contribution is -2.36. The third-order valence-corrected chi connectivity index (χ3v) is 7.53. The number of amides is 1. The molecular formula is C23H26N4O3S. The molecule has 162 valence electrons. The van der Waals surface area contributed by atoms with E-state index < -0.39 is 10.0 Å². The maximum atomic E-state index is 13.1. The van der Waals surface area contributed by atoms with Crippen LogP contribution < -0.4 is 5.32 Å². The van der Waals surface area contributed by atoms with E-state index in [-0.39, 0.29) is 10.8 Å². The van der Waals surface area contributed by atoms with Gasteiger partial charge in [-0.05, 0) is 74.2 Å². The Morgan fingerprint density at radius 2 is 1.71 bits per heavy atom. The summed E-state index contributed by atoms with van der Waals surface area (Å²) < 4.78 is 29.5. The minimum atomic E-state index is -3.58. The molecule has 0 saturated carbocycles. The van der Waals surface area contributed by atoms with E-state index in [4.69, 9.17) is 0 Å². The second-order valence-electron chi connectivity index (χ2n) is 7.91. The molecule has 1 aromatic heterocycles. The topological polar surface area (TPSA) is 84.3 Å². The fourth-order valence-electron chi connectivity index (χ4n) is 3.72. The lowest BCUT2D eigenvalue weighted by molar-refractivity contribution is 0.102. The molecule has 0 bridgehead atoms. The zero-order valence-electron chi connectivity index (χ0n) is 17.7. The van der Waals surface area contributed by atoms with Crippen LogP contribution in [0.2, 0.25) is 0 Å². The Morgan fingerprint density at radius 3 is 2.35 bits per heavy atom. The van der Waals surface area contributed by atoms with Gasteiger partial charge in [-0.15, -0.1) is 0 Å². The van der Waals surface area contributed by atoms with Crippen molar-refractivity contribution in [2.45, 2.75) is 38.0 Å². The molecule has 1 aliphatic heterocycles. The van der Waals surface area contributed by atoms with Crippen LogP contribution >= 0.6 is 0 Å². The summed E-state index contributed by atoms with van der Waals surface area (Å²) in [5.41, 5.74) is 3.51. The second-order valence-corrected chi connectivity index (χ2v) is 9.81. The van der Waals surface area contributed by atoms with Crippen molar-refractivity contribution in [2.24, 2.45) is 0 Å². The lowest BCUT2D eigenvalue weighted by atomic mass is 10.1. The van der Waals surface area contributed by atoms with Crippen molar-refractivity contribution in [3.05, 3.63) is 71.5 Å². The Morgan fingerprint density at radius 1 is 1.00 bits per heavy atom. The summed E-state index contributed by atoms with van der Waals surface area (Å²) in [4.78, 5) is 13.0. The van der Waals surface area contributed by atoms with Gasteiger partial charge in [0.25, 0.3) is 5.91 Å². The van der Waals surface area contributed by atoms with Gasteiger partial charge in [0, 0.05) is 30.5 Å². The Balaban J connectivity index is 1.53. The molecule has 4 rings (SSSR count). The van der Waals surface area contributed by atoms with Gasteiger partial charge in [-0.2, -0.15) is 9.40 Å². The first-order valence-corrected chi connectivity index (χ1v) is 11.8. The molecule has 0 aliphatic carbocycles. The Hall–Kier alpha value is -2.97. The van der Waals surface area contributed by atoms with Crippen molar-refractivity contribution in [3.8, 4) is 5.69 Å². The largest absolute Gasteiger partial charge is 0.322 e. The molecule has 0 radical (unpaired) electrons. The van der Waals surface area contributed by atoms with E-state index in [1.165, 1.54) is 0 Å². The second kappa shape index (κ2) is 8.64. The number of sulfonamides is 1. The van der Waals surface area contributed by atoms with E-state index in [2.05, 4.69) is 10.4 Å². The van der Waals surface area contributed by atoms with Gasteiger partial charge in [-0.25, -0.2) is 13.1 Å². The predicted octanol–water partition coefficient (Wildman–Crippen LogP) is 3.92. The Kier molecular flexibility index (Phi) is 5.93. The van der Waals surface area contributed by atoms with E-state index in [9.17, 15) is 13.2 Å². The minimum Gasteiger partial charge on any atom is -0.322 e. The van der Waals surface area contributed by atoms with E-state index in [0.717, 1.165) is 30.5 Å². The number of anilines is 1. The number of rotatable bonds is 5. The molecule has 0 unspecified atom stereocenters. The summed E-state index contributed by atoms with van der Waals surface area (Å²) >= 11 is 0. The van der Waals surface area contributed by atoms with Crippen LogP contribution in [0.25, 0.3) is 5.69 Å². The first-order chi connectivity index (χ1) is 14.8. The number of aryl methyl sites for hydroxylation is 2. The van der Waals surface area contributed by atoms with E-state index in [0.29, 0.717) is 29.9 Å². The van der Waals surface area contributed by atoms with Gasteiger partial charge in [-0.1, -0.05) is 12.5 Å². The summed E-state index contributed by atoms with van der Waals surface area (Å²) in [5, 5.41) is 7.08. The first-order valence-electron chi connectivity index (χ1n) is 10.4. The quantitative estimate of drug-likeness (QED) is 0.654. The van der Waals surface area contributed by atoms with E-state index >= 15 is 0 Å².